The van der Waals surface area contributed by atoms with Gasteiger partial charge in [0.25, 0.3) is 0 Å². The van der Waals surface area contributed by atoms with Crippen LogP contribution in [-0.2, 0) is 22.6 Å². The summed E-state index contributed by atoms with van der Waals surface area (Å²) in [6.45, 7) is 3.32. The van der Waals surface area contributed by atoms with Gasteiger partial charge >= 0.3 is 0 Å². The van der Waals surface area contributed by atoms with E-state index in [9.17, 15) is 4.79 Å². The van der Waals surface area contributed by atoms with Crippen molar-refractivity contribution < 1.29 is 9.53 Å². The van der Waals surface area contributed by atoms with Crippen LogP contribution in [0.4, 0.5) is 0 Å². The Hall–Kier alpha value is -1.43. The van der Waals surface area contributed by atoms with Gasteiger partial charge in [-0.05, 0) is 25.2 Å². The smallest absolute Gasteiger partial charge is 0.239 e. The van der Waals surface area contributed by atoms with Crippen molar-refractivity contribution in [1.82, 2.24) is 15.5 Å². The highest BCUT2D eigenvalue weighted by molar-refractivity contribution is 5.81. The Morgan fingerprint density at radius 2 is 2.25 bits per heavy atom. The topological polar surface area (TPSA) is 53.6 Å². The third-order valence-electron chi connectivity index (χ3n) is 3.20. The van der Waals surface area contributed by atoms with Crippen LogP contribution >= 0.6 is 0 Å². The van der Waals surface area contributed by atoms with Gasteiger partial charge in [0.2, 0.25) is 5.91 Å². The van der Waals surface area contributed by atoms with Gasteiger partial charge in [0, 0.05) is 19.6 Å². The van der Waals surface area contributed by atoms with Gasteiger partial charge in [-0.3, -0.25) is 4.79 Å². The third kappa shape index (κ3) is 4.59. The Balaban J connectivity index is 1.85. The fraction of sp³-hybridized carbons (Fsp3) is 0.533. The van der Waals surface area contributed by atoms with Crippen LogP contribution in [0.15, 0.2) is 24.3 Å². The molecule has 1 aromatic carbocycles. The van der Waals surface area contributed by atoms with Gasteiger partial charge in [0.15, 0.2) is 0 Å². The number of hydrogen-bond acceptors (Lipinski definition) is 4. The number of ether oxygens (including phenoxy) is 1. The summed E-state index contributed by atoms with van der Waals surface area (Å²) in [6, 6.07) is 8.06. The number of carbonyl (C=O) groups excluding carboxylic acids is 1. The zero-order valence-corrected chi connectivity index (χ0v) is 12.2. The molecule has 110 valence electrons. The van der Waals surface area contributed by atoms with E-state index in [1.807, 2.05) is 26.2 Å². The Morgan fingerprint density at radius 1 is 1.45 bits per heavy atom. The summed E-state index contributed by atoms with van der Waals surface area (Å²) in [7, 11) is 4.09. The summed E-state index contributed by atoms with van der Waals surface area (Å²) in [5, 5.41) is 6.10. The van der Waals surface area contributed by atoms with Crippen molar-refractivity contribution in [3.63, 3.8) is 0 Å². The van der Waals surface area contributed by atoms with E-state index in [4.69, 9.17) is 4.74 Å². The maximum Gasteiger partial charge on any atom is 0.239 e. The number of amides is 1. The number of carbonyl (C=O) groups is 1. The van der Waals surface area contributed by atoms with Crippen molar-refractivity contribution >= 4 is 5.91 Å². The Labute approximate surface area is 120 Å². The van der Waals surface area contributed by atoms with Crippen LogP contribution in [0.5, 0.6) is 0 Å². The Kier molecular flexibility index (Phi) is 5.52. The molecule has 1 heterocycles. The first-order chi connectivity index (χ1) is 9.65. The van der Waals surface area contributed by atoms with E-state index in [1.54, 1.807) is 0 Å². The number of benzene rings is 1. The van der Waals surface area contributed by atoms with Crippen molar-refractivity contribution in [1.29, 1.82) is 0 Å². The van der Waals surface area contributed by atoms with Gasteiger partial charge in [-0.25, -0.2) is 0 Å². The second-order valence-corrected chi connectivity index (χ2v) is 5.36. The molecule has 0 aliphatic carbocycles. The number of nitrogens with one attached hydrogen (secondary N) is 2. The zero-order valence-electron chi connectivity index (χ0n) is 12.2. The highest BCUT2D eigenvalue weighted by Crippen LogP contribution is 2.07. The number of rotatable bonds is 5. The van der Waals surface area contributed by atoms with Crippen LogP contribution in [0.2, 0.25) is 0 Å². The lowest BCUT2D eigenvalue weighted by Gasteiger charge is -2.23. The minimum atomic E-state index is -0.228. The first-order valence-electron chi connectivity index (χ1n) is 6.96. The van der Waals surface area contributed by atoms with Crippen LogP contribution in [0.25, 0.3) is 0 Å². The van der Waals surface area contributed by atoms with E-state index in [1.165, 1.54) is 5.56 Å². The second kappa shape index (κ2) is 7.38. The van der Waals surface area contributed by atoms with E-state index in [2.05, 4.69) is 27.7 Å². The predicted octanol–water partition coefficient (Wildman–Crippen LogP) is 0.353. The van der Waals surface area contributed by atoms with Crippen LogP contribution in [-0.4, -0.2) is 50.7 Å². The lowest BCUT2D eigenvalue weighted by Crippen LogP contribution is -2.51. The molecule has 1 aliphatic rings. The van der Waals surface area contributed by atoms with E-state index in [0.29, 0.717) is 19.8 Å². The monoisotopic (exact) mass is 277 g/mol. The van der Waals surface area contributed by atoms with E-state index < -0.39 is 0 Å². The summed E-state index contributed by atoms with van der Waals surface area (Å²) in [4.78, 5) is 14.1. The molecule has 5 heteroatoms. The van der Waals surface area contributed by atoms with E-state index >= 15 is 0 Å². The Bertz CT molecular complexity index is 442. The molecule has 0 radical (unpaired) electrons. The summed E-state index contributed by atoms with van der Waals surface area (Å²) < 4.78 is 5.29. The summed E-state index contributed by atoms with van der Waals surface area (Å²) in [5.74, 6) is 0.00251. The summed E-state index contributed by atoms with van der Waals surface area (Å²) >= 11 is 0. The molecule has 0 aromatic heterocycles. The molecule has 0 saturated carbocycles. The van der Waals surface area contributed by atoms with Crippen LogP contribution in [0.3, 0.4) is 0 Å². The van der Waals surface area contributed by atoms with Crippen molar-refractivity contribution in [2.45, 2.75) is 19.1 Å². The molecule has 1 fully saturated rings. The maximum atomic E-state index is 12.0. The molecule has 1 saturated heterocycles. The quantitative estimate of drug-likeness (QED) is 0.815. The molecule has 5 nitrogen and oxygen atoms in total. The highest BCUT2D eigenvalue weighted by atomic mass is 16.5. The minimum Gasteiger partial charge on any atom is -0.378 e. The fourth-order valence-corrected chi connectivity index (χ4v) is 2.25. The van der Waals surface area contributed by atoms with E-state index in [0.717, 1.165) is 18.7 Å². The normalized spacial score (nSPS) is 19.1. The van der Waals surface area contributed by atoms with Crippen LogP contribution < -0.4 is 10.6 Å². The lowest BCUT2D eigenvalue weighted by atomic mass is 10.1. The van der Waals surface area contributed by atoms with Gasteiger partial charge < -0.3 is 20.3 Å². The van der Waals surface area contributed by atoms with Crippen molar-refractivity contribution in [3.8, 4) is 0 Å². The molecule has 2 N–H and O–H groups in total. The molecule has 1 unspecified atom stereocenters. The number of morpholine rings is 1. The van der Waals surface area contributed by atoms with Gasteiger partial charge in [0.05, 0.1) is 13.2 Å². The molecule has 20 heavy (non-hydrogen) atoms. The molecule has 0 bridgehead atoms. The van der Waals surface area contributed by atoms with Gasteiger partial charge in [-0.1, -0.05) is 24.3 Å². The first kappa shape index (κ1) is 15.0. The molecular weight excluding hydrogens is 254 g/mol. The number of nitrogens with zero attached hydrogens (tertiary/aromatic N) is 1. The predicted molar refractivity (Wildman–Crippen MR) is 78.3 cm³/mol. The molecule has 0 spiro atoms. The minimum absolute atomic E-state index is 0.00251. The van der Waals surface area contributed by atoms with Gasteiger partial charge in [0.1, 0.15) is 6.04 Å². The average Bonchev–Trinajstić information content (AvgIpc) is 2.45. The fourth-order valence-electron chi connectivity index (χ4n) is 2.25. The largest absolute Gasteiger partial charge is 0.378 e. The molecule has 1 aliphatic heterocycles. The summed E-state index contributed by atoms with van der Waals surface area (Å²) in [6.07, 6.45) is 0. The standard InChI is InChI=1S/C15H23N3O2/c1-18(2)10-13-5-3-4-12(8-13)9-17-15(19)14-11-20-7-6-16-14/h3-5,8,14,16H,6-7,9-11H2,1-2H3,(H,17,19). The Morgan fingerprint density at radius 3 is 2.95 bits per heavy atom. The molecule has 2 rings (SSSR count). The highest BCUT2D eigenvalue weighted by Gasteiger charge is 2.20. The third-order valence-corrected chi connectivity index (χ3v) is 3.20. The lowest BCUT2D eigenvalue weighted by molar-refractivity contribution is -0.126. The molecule has 1 aromatic rings. The van der Waals surface area contributed by atoms with E-state index in [-0.39, 0.29) is 11.9 Å². The van der Waals surface area contributed by atoms with Gasteiger partial charge in [-0.15, -0.1) is 0 Å². The van der Waals surface area contributed by atoms with Crippen LogP contribution in [0, 0.1) is 0 Å². The van der Waals surface area contributed by atoms with Crippen molar-refractivity contribution in [2.24, 2.45) is 0 Å². The van der Waals surface area contributed by atoms with Crippen LogP contribution in [0.1, 0.15) is 11.1 Å². The average molecular weight is 277 g/mol. The zero-order chi connectivity index (χ0) is 14.4. The van der Waals surface area contributed by atoms with Crippen molar-refractivity contribution in [3.05, 3.63) is 35.4 Å². The van der Waals surface area contributed by atoms with Crippen molar-refractivity contribution in [2.75, 3.05) is 33.9 Å². The maximum absolute atomic E-state index is 12.0. The second-order valence-electron chi connectivity index (χ2n) is 5.36. The summed E-state index contributed by atoms with van der Waals surface area (Å²) in [5.41, 5.74) is 2.37. The molecular formula is C15H23N3O2. The molecule has 1 amide bonds. The SMILES string of the molecule is CN(C)Cc1cccc(CNC(=O)C2COCCN2)c1. The number of hydrogen-bond donors (Lipinski definition) is 2. The molecule has 1 atom stereocenters. The van der Waals surface area contributed by atoms with Gasteiger partial charge in [-0.2, -0.15) is 0 Å². The first-order valence-corrected chi connectivity index (χ1v) is 6.96.